The average Bonchev–Trinajstić information content (AvgIpc) is 2.54. The molecule has 0 aromatic heterocycles. The summed E-state index contributed by atoms with van der Waals surface area (Å²) in [7, 11) is 0.281. The van der Waals surface area contributed by atoms with E-state index in [2.05, 4.69) is 0 Å². The van der Waals surface area contributed by atoms with Crippen LogP contribution in [0.15, 0.2) is 0 Å². The number of nitrogens with zero attached hydrogens (tertiary/aromatic N) is 5. The number of carbonyl (C=O) groups excluding carboxylic acids is 2. The lowest BCUT2D eigenvalue weighted by Gasteiger charge is -2.38. The van der Waals surface area contributed by atoms with Gasteiger partial charge in [0.05, 0.1) is 12.8 Å². The maximum Gasteiger partial charge on any atom is 0.319 e. The van der Waals surface area contributed by atoms with E-state index in [1.54, 1.807) is 28.8 Å². The molecule has 2 fully saturated rings. The Balaban J connectivity index is 1.76. The number of hydrogen-bond acceptors (Lipinski definition) is 5. The van der Waals surface area contributed by atoms with Crippen molar-refractivity contribution in [2.75, 3.05) is 79.3 Å². The molecule has 2 rings (SSSR count). The molecular weight excluding hydrogens is 334 g/mol. The molecule has 10 heteroatoms. The molecule has 0 aromatic rings. The van der Waals surface area contributed by atoms with Gasteiger partial charge in [0.1, 0.15) is 0 Å². The fraction of sp³-hybridized carbons (Fsp3) is 0.857. The summed E-state index contributed by atoms with van der Waals surface area (Å²) in [5, 5.41) is 0. The van der Waals surface area contributed by atoms with Gasteiger partial charge in [-0.25, -0.2) is 13.2 Å². The highest BCUT2D eigenvalue weighted by atomic mass is 32.2. The van der Waals surface area contributed by atoms with E-state index in [0.29, 0.717) is 58.9 Å². The van der Waals surface area contributed by atoms with Crippen molar-refractivity contribution in [2.24, 2.45) is 0 Å². The molecule has 2 saturated heterocycles. The third kappa shape index (κ3) is 4.81. The van der Waals surface area contributed by atoms with E-state index in [1.807, 2.05) is 4.90 Å². The van der Waals surface area contributed by atoms with Crippen LogP contribution in [0.5, 0.6) is 0 Å². The Kier molecular flexibility index (Phi) is 6.05. The third-order valence-corrected chi connectivity index (χ3v) is 5.75. The zero-order chi connectivity index (χ0) is 17.9. The Morgan fingerprint density at radius 3 is 1.83 bits per heavy atom. The fourth-order valence-electron chi connectivity index (χ4n) is 2.94. The first kappa shape index (κ1) is 18.9. The minimum Gasteiger partial charge on any atom is -0.339 e. The summed E-state index contributed by atoms with van der Waals surface area (Å²) in [6.45, 7) is 4.49. The topological polar surface area (TPSA) is 84.5 Å². The van der Waals surface area contributed by atoms with Crippen LogP contribution in [0, 0.1) is 0 Å². The number of hydrogen-bond donors (Lipinski definition) is 0. The maximum absolute atomic E-state index is 12.4. The summed E-state index contributed by atoms with van der Waals surface area (Å²) >= 11 is 0. The molecule has 2 aliphatic heterocycles. The van der Waals surface area contributed by atoms with Gasteiger partial charge in [0.25, 0.3) is 0 Å². The number of sulfonamides is 1. The second-order valence-electron chi connectivity index (χ2n) is 6.48. The van der Waals surface area contributed by atoms with Crippen LogP contribution < -0.4 is 0 Å². The molecule has 0 N–H and O–H groups in total. The van der Waals surface area contributed by atoms with Crippen molar-refractivity contribution >= 4 is 22.0 Å². The summed E-state index contributed by atoms with van der Waals surface area (Å²) in [6.07, 6.45) is 1.19. The van der Waals surface area contributed by atoms with E-state index < -0.39 is 10.0 Å². The van der Waals surface area contributed by atoms with Gasteiger partial charge in [-0.2, -0.15) is 4.31 Å². The first-order valence-corrected chi connectivity index (χ1v) is 9.95. The molecule has 0 spiro atoms. The maximum atomic E-state index is 12.4. The van der Waals surface area contributed by atoms with Crippen LogP contribution in [-0.4, -0.2) is 124 Å². The Labute approximate surface area is 143 Å². The number of carbonyl (C=O) groups is 2. The Hall–Kier alpha value is -1.39. The molecule has 0 aromatic carbocycles. The van der Waals surface area contributed by atoms with Gasteiger partial charge in [-0.1, -0.05) is 0 Å². The van der Waals surface area contributed by atoms with Gasteiger partial charge in [-0.05, 0) is 0 Å². The molecule has 0 aliphatic carbocycles. The quantitative estimate of drug-likeness (QED) is 0.604. The molecule has 0 radical (unpaired) electrons. The number of piperazine rings is 2. The van der Waals surface area contributed by atoms with Gasteiger partial charge in [0, 0.05) is 66.5 Å². The lowest BCUT2D eigenvalue weighted by atomic mass is 10.3. The molecule has 2 heterocycles. The number of rotatable bonds is 3. The van der Waals surface area contributed by atoms with E-state index in [-0.39, 0.29) is 11.9 Å². The lowest BCUT2D eigenvalue weighted by Crippen LogP contribution is -2.55. The second-order valence-corrected chi connectivity index (χ2v) is 8.47. The Bertz CT molecular complexity index is 564. The van der Waals surface area contributed by atoms with Crippen molar-refractivity contribution in [3.05, 3.63) is 0 Å². The minimum atomic E-state index is -3.18. The molecular formula is C14H27N5O4S. The Morgan fingerprint density at radius 2 is 1.38 bits per heavy atom. The van der Waals surface area contributed by atoms with Crippen LogP contribution in [0.2, 0.25) is 0 Å². The van der Waals surface area contributed by atoms with Crippen molar-refractivity contribution in [1.82, 2.24) is 23.9 Å². The molecule has 24 heavy (non-hydrogen) atoms. The predicted octanol–water partition coefficient (Wildman–Crippen LogP) is -1.61. The van der Waals surface area contributed by atoms with Crippen molar-refractivity contribution in [1.29, 1.82) is 0 Å². The van der Waals surface area contributed by atoms with E-state index >= 15 is 0 Å². The van der Waals surface area contributed by atoms with Crippen LogP contribution in [-0.2, 0) is 14.8 Å². The average molecular weight is 361 g/mol. The van der Waals surface area contributed by atoms with Crippen molar-refractivity contribution in [3.8, 4) is 0 Å². The van der Waals surface area contributed by atoms with E-state index in [0.717, 1.165) is 0 Å². The summed E-state index contributed by atoms with van der Waals surface area (Å²) in [5.74, 6) is 0.0236. The van der Waals surface area contributed by atoms with Gasteiger partial charge in [-0.15, -0.1) is 0 Å². The van der Waals surface area contributed by atoms with Crippen molar-refractivity contribution in [2.45, 2.75) is 0 Å². The minimum absolute atomic E-state index is 0.00197. The fourth-order valence-corrected chi connectivity index (χ4v) is 3.77. The first-order valence-electron chi connectivity index (χ1n) is 8.10. The standard InChI is InChI=1S/C14H27N5O4S/c1-15(2)14(21)18-6-4-16(5-7-18)12-13(20)17-8-10-19(11-9-17)24(3,22)23/h4-12H2,1-3H3. The van der Waals surface area contributed by atoms with Crippen LogP contribution in [0.3, 0.4) is 0 Å². The molecule has 3 amide bonds. The monoisotopic (exact) mass is 361 g/mol. The first-order chi connectivity index (χ1) is 11.2. The van der Waals surface area contributed by atoms with Crippen LogP contribution in [0.4, 0.5) is 4.79 Å². The second kappa shape index (κ2) is 7.66. The zero-order valence-corrected chi connectivity index (χ0v) is 15.5. The Morgan fingerprint density at radius 1 is 0.875 bits per heavy atom. The van der Waals surface area contributed by atoms with Crippen molar-refractivity contribution < 1.29 is 18.0 Å². The molecule has 0 saturated carbocycles. The largest absolute Gasteiger partial charge is 0.339 e. The zero-order valence-electron chi connectivity index (χ0n) is 14.6. The van der Waals surface area contributed by atoms with Crippen LogP contribution in [0.1, 0.15) is 0 Å². The molecule has 0 unspecified atom stereocenters. The van der Waals surface area contributed by atoms with Crippen LogP contribution >= 0.6 is 0 Å². The van der Waals surface area contributed by atoms with Crippen LogP contribution in [0.25, 0.3) is 0 Å². The van der Waals surface area contributed by atoms with Gasteiger partial charge in [0.2, 0.25) is 15.9 Å². The molecule has 9 nitrogen and oxygen atoms in total. The predicted molar refractivity (Wildman–Crippen MR) is 90.1 cm³/mol. The normalized spacial score (nSPS) is 21.0. The van der Waals surface area contributed by atoms with Gasteiger partial charge in [-0.3, -0.25) is 9.69 Å². The molecule has 2 aliphatic rings. The molecule has 0 bridgehead atoms. The summed E-state index contributed by atoms with van der Waals surface area (Å²) in [6, 6.07) is -0.00197. The van der Waals surface area contributed by atoms with E-state index in [4.69, 9.17) is 0 Å². The van der Waals surface area contributed by atoms with Crippen molar-refractivity contribution in [3.63, 3.8) is 0 Å². The smallest absolute Gasteiger partial charge is 0.319 e. The third-order valence-electron chi connectivity index (χ3n) is 4.44. The number of urea groups is 1. The van der Waals surface area contributed by atoms with E-state index in [9.17, 15) is 18.0 Å². The SMILES string of the molecule is CN(C)C(=O)N1CCN(CC(=O)N2CCN(S(C)(=O)=O)CC2)CC1. The summed E-state index contributed by atoms with van der Waals surface area (Å²) < 4.78 is 24.4. The highest BCUT2D eigenvalue weighted by Gasteiger charge is 2.28. The summed E-state index contributed by atoms with van der Waals surface area (Å²) in [5.41, 5.74) is 0. The lowest BCUT2D eigenvalue weighted by molar-refractivity contribution is -0.133. The molecule has 0 atom stereocenters. The highest BCUT2D eigenvalue weighted by Crippen LogP contribution is 2.08. The van der Waals surface area contributed by atoms with E-state index in [1.165, 1.54) is 10.6 Å². The molecule has 138 valence electrons. The summed E-state index contributed by atoms with van der Waals surface area (Å²) in [4.78, 5) is 31.4. The van der Waals surface area contributed by atoms with Gasteiger partial charge >= 0.3 is 6.03 Å². The highest BCUT2D eigenvalue weighted by molar-refractivity contribution is 7.88. The van der Waals surface area contributed by atoms with Gasteiger partial charge in [0.15, 0.2) is 0 Å². The number of amides is 3. The van der Waals surface area contributed by atoms with Gasteiger partial charge < -0.3 is 14.7 Å².